The topological polar surface area (TPSA) is 8.17 Å². The molecule has 0 saturated heterocycles. The third-order valence-corrected chi connectivity index (χ3v) is 9.83. The first-order chi connectivity index (χ1) is 21.3. The van der Waals surface area contributed by atoms with E-state index in [1.54, 1.807) is 11.3 Å². The van der Waals surface area contributed by atoms with Gasteiger partial charge < -0.3 is 9.47 Å². The number of hydrogen-bond acceptors (Lipinski definition) is 2. The number of hydrogen-bond donors (Lipinski definition) is 0. The summed E-state index contributed by atoms with van der Waals surface area (Å²) >= 11 is 1.80. The van der Waals surface area contributed by atoms with Crippen LogP contribution in [0.1, 0.15) is 18.4 Å². The minimum atomic E-state index is 1.02. The van der Waals surface area contributed by atoms with E-state index in [9.17, 15) is 0 Å². The molecule has 0 spiro atoms. The fraction of sp³-hybridized carbons (Fsp3) is 0.0500. The predicted octanol–water partition coefficient (Wildman–Crippen LogP) is 11.4. The second-order valence-corrected chi connectivity index (χ2v) is 12.2. The van der Waals surface area contributed by atoms with Crippen LogP contribution in [0.2, 0.25) is 0 Å². The van der Waals surface area contributed by atoms with Gasteiger partial charge >= 0.3 is 0 Å². The molecule has 0 unspecified atom stereocenters. The summed E-state index contributed by atoms with van der Waals surface area (Å²) in [7, 11) is 0. The van der Waals surface area contributed by atoms with Crippen molar-refractivity contribution >= 4 is 49.4 Å². The van der Waals surface area contributed by atoms with Crippen LogP contribution in [-0.2, 0) is 0 Å². The summed E-state index contributed by atoms with van der Waals surface area (Å²) in [5.41, 5.74) is 13.9. The van der Waals surface area contributed by atoms with E-state index in [1.165, 1.54) is 77.3 Å². The number of aromatic nitrogens is 1. The molecular weight excluding hydrogens is 541 g/mol. The molecule has 204 valence electrons. The number of thiophene rings is 1. The maximum Gasteiger partial charge on any atom is 0.108 e. The monoisotopic (exact) mass is 568 g/mol. The standard InChI is InChI=1S/C40H28N2S/c1-2-10-32-31(9-1)33-11-3-6-14-37(33)41(38-15-7-4-12-34(32)38)29-21-17-27(18-22-29)28-19-23-30(24-20-28)42-39-16-8-5-13-35(39)36-25-26-43-40(36)42/h1-6,8-14,16-26H,7,15H2. The number of allylic oxidation sites excluding steroid dienone is 4. The molecule has 5 aromatic carbocycles. The van der Waals surface area contributed by atoms with Crippen molar-refractivity contribution in [2.75, 3.05) is 4.90 Å². The second kappa shape index (κ2) is 9.72. The summed E-state index contributed by atoms with van der Waals surface area (Å²) in [6.07, 6.45) is 6.71. The fourth-order valence-corrected chi connectivity index (χ4v) is 7.91. The third kappa shape index (κ3) is 3.78. The Kier molecular flexibility index (Phi) is 5.53. The van der Waals surface area contributed by atoms with Crippen LogP contribution in [0.15, 0.2) is 151 Å². The Labute approximate surface area is 255 Å². The molecule has 7 aromatic rings. The van der Waals surface area contributed by atoms with Crippen LogP contribution in [0.3, 0.4) is 0 Å². The van der Waals surface area contributed by atoms with Gasteiger partial charge in [-0.05, 0) is 82.9 Å². The van der Waals surface area contributed by atoms with Gasteiger partial charge in [-0.15, -0.1) is 11.3 Å². The Hall–Kier alpha value is -5.12. The highest BCUT2D eigenvalue weighted by atomic mass is 32.1. The highest BCUT2D eigenvalue weighted by molar-refractivity contribution is 7.17. The van der Waals surface area contributed by atoms with Crippen LogP contribution in [0.4, 0.5) is 11.4 Å². The van der Waals surface area contributed by atoms with Crippen molar-refractivity contribution in [1.82, 2.24) is 4.57 Å². The van der Waals surface area contributed by atoms with E-state index < -0.39 is 0 Å². The molecule has 0 N–H and O–H groups in total. The van der Waals surface area contributed by atoms with Crippen LogP contribution in [0.5, 0.6) is 0 Å². The Morgan fingerprint density at radius 3 is 2.05 bits per heavy atom. The molecule has 0 radical (unpaired) electrons. The van der Waals surface area contributed by atoms with Crippen LogP contribution in [0, 0.1) is 0 Å². The molecule has 0 amide bonds. The highest BCUT2D eigenvalue weighted by Gasteiger charge is 2.27. The van der Waals surface area contributed by atoms with Gasteiger partial charge in [0, 0.05) is 39.0 Å². The average Bonchev–Trinajstić information content (AvgIpc) is 3.64. The van der Waals surface area contributed by atoms with Crippen molar-refractivity contribution in [3.05, 3.63) is 156 Å². The zero-order chi connectivity index (χ0) is 28.3. The Morgan fingerprint density at radius 2 is 1.23 bits per heavy atom. The molecule has 43 heavy (non-hydrogen) atoms. The minimum Gasteiger partial charge on any atom is -0.313 e. The smallest absolute Gasteiger partial charge is 0.108 e. The van der Waals surface area contributed by atoms with E-state index in [4.69, 9.17) is 0 Å². The maximum absolute atomic E-state index is 2.49. The molecule has 0 saturated carbocycles. The number of nitrogens with zero attached hydrogens (tertiary/aromatic N) is 2. The van der Waals surface area contributed by atoms with Crippen molar-refractivity contribution in [2.45, 2.75) is 12.8 Å². The summed E-state index contributed by atoms with van der Waals surface area (Å²) in [4.78, 5) is 3.79. The number of benzene rings is 5. The SMILES string of the molecule is C1=CC2=C(CC1)N(c1ccc(-c3ccc(-n4c5ccccc5c5ccsc54)cc3)cc1)c1ccccc1-c1ccccc12. The van der Waals surface area contributed by atoms with Gasteiger partial charge in [-0.2, -0.15) is 0 Å². The fourth-order valence-electron chi connectivity index (χ4n) is 6.97. The molecule has 2 aromatic heterocycles. The van der Waals surface area contributed by atoms with Gasteiger partial charge in [-0.1, -0.05) is 97.1 Å². The summed E-state index contributed by atoms with van der Waals surface area (Å²) in [6.45, 7) is 0. The zero-order valence-corrected chi connectivity index (χ0v) is 24.4. The van der Waals surface area contributed by atoms with Gasteiger partial charge in [-0.25, -0.2) is 0 Å². The molecule has 3 heteroatoms. The summed E-state index contributed by atoms with van der Waals surface area (Å²) < 4.78 is 2.39. The molecule has 2 aliphatic rings. The Bertz CT molecular complexity index is 2230. The van der Waals surface area contributed by atoms with Crippen molar-refractivity contribution in [3.63, 3.8) is 0 Å². The van der Waals surface area contributed by atoms with Crippen LogP contribution < -0.4 is 4.90 Å². The zero-order valence-electron chi connectivity index (χ0n) is 23.6. The molecule has 2 nitrogen and oxygen atoms in total. The van der Waals surface area contributed by atoms with Gasteiger partial charge in [0.25, 0.3) is 0 Å². The van der Waals surface area contributed by atoms with Crippen molar-refractivity contribution in [1.29, 1.82) is 0 Å². The van der Waals surface area contributed by atoms with E-state index in [0.717, 1.165) is 12.8 Å². The van der Waals surface area contributed by atoms with Crippen molar-refractivity contribution < 1.29 is 0 Å². The first-order valence-corrected chi connectivity index (χ1v) is 15.8. The minimum absolute atomic E-state index is 1.02. The second-order valence-electron chi connectivity index (χ2n) is 11.3. The van der Waals surface area contributed by atoms with E-state index in [2.05, 4.69) is 154 Å². The molecule has 0 bridgehead atoms. The number of para-hydroxylation sites is 2. The first kappa shape index (κ1) is 24.5. The van der Waals surface area contributed by atoms with Gasteiger partial charge in [0.1, 0.15) is 4.83 Å². The van der Waals surface area contributed by atoms with Gasteiger partial charge in [-0.3, -0.25) is 0 Å². The lowest BCUT2D eigenvalue weighted by molar-refractivity contribution is 0.926. The molecule has 0 fully saturated rings. The Balaban J connectivity index is 1.11. The molecular formula is C40H28N2S. The lowest BCUT2D eigenvalue weighted by atomic mass is 9.91. The first-order valence-electron chi connectivity index (χ1n) is 14.9. The lowest BCUT2D eigenvalue weighted by Gasteiger charge is -2.30. The number of rotatable bonds is 3. The molecule has 0 atom stereocenters. The van der Waals surface area contributed by atoms with E-state index in [0.29, 0.717) is 0 Å². The van der Waals surface area contributed by atoms with E-state index in [-0.39, 0.29) is 0 Å². The predicted molar refractivity (Wildman–Crippen MR) is 183 cm³/mol. The van der Waals surface area contributed by atoms with Gasteiger partial charge in [0.15, 0.2) is 0 Å². The summed E-state index contributed by atoms with van der Waals surface area (Å²) in [5, 5.41) is 4.82. The molecule has 1 aliphatic heterocycles. The van der Waals surface area contributed by atoms with Crippen LogP contribution in [-0.4, -0.2) is 4.57 Å². The molecule has 1 aliphatic carbocycles. The quantitative estimate of drug-likeness (QED) is 0.206. The summed E-state index contributed by atoms with van der Waals surface area (Å²) in [6, 6.07) is 46.7. The van der Waals surface area contributed by atoms with Gasteiger partial charge in [0.05, 0.1) is 11.2 Å². The third-order valence-electron chi connectivity index (χ3n) is 8.93. The summed E-state index contributed by atoms with van der Waals surface area (Å²) in [5.74, 6) is 0. The number of anilines is 2. The van der Waals surface area contributed by atoms with Crippen LogP contribution in [0.25, 0.3) is 54.6 Å². The largest absolute Gasteiger partial charge is 0.313 e. The van der Waals surface area contributed by atoms with Gasteiger partial charge in [0.2, 0.25) is 0 Å². The Morgan fingerprint density at radius 1 is 0.558 bits per heavy atom. The molecule has 3 heterocycles. The average molecular weight is 569 g/mol. The highest BCUT2D eigenvalue weighted by Crippen LogP contribution is 2.48. The van der Waals surface area contributed by atoms with E-state index in [1.807, 2.05) is 0 Å². The molecule has 9 rings (SSSR count). The lowest BCUT2D eigenvalue weighted by Crippen LogP contribution is -2.18. The number of fused-ring (bicyclic) bond motifs is 7. The van der Waals surface area contributed by atoms with Crippen LogP contribution >= 0.6 is 11.3 Å². The van der Waals surface area contributed by atoms with E-state index >= 15 is 0 Å². The maximum atomic E-state index is 2.49. The van der Waals surface area contributed by atoms with Crippen molar-refractivity contribution in [3.8, 4) is 27.9 Å². The normalized spacial score (nSPS) is 14.1. The van der Waals surface area contributed by atoms with Crippen molar-refractivity contribution in [2.24, 2.45) is 0 Å².